The van der Waals surface area contributed by atoms with E-state index in [4.69, 9.17) is 4.98 Å². The summed E-state index contributed by atoms with van der Waals surface area (Å²) >= 11 is 0. The predicted octanol–water partition coefficient (Wildman–Crippen LogP) is 1.44. The van der Waals surface area contributed by atoms with E-state index in [-0.39, 0.29) is 0 Å². The Morgan fingerprint density at radius 2 is 2.32 bits per heavy atom. The number of rotatable bonds is 2. The lowest BCUT2D eigenvalue weighted by Crippen LogP contribution is -2.33. The summed E-state index contributed by atoms with van der Waals surface area (Å²) in [6.45, 7) is 6.64. The third kappa shape index (κ3) is 1.78. The second-order valence-corrected chi connectivity index (χ2v) is 5.81. The van der Waals surface area contributed by atoms with Crippen LogP contribution in [0, 0.1) is 12.8 Å². The number of aryl methyl sites for hydroxylation is 1. The molecule has 2 aliphatic rings. The van der Waals surface area contributed by atoms with Crippen LogP contribution in [0.3, 0.4) is 0 Å². The molecule has 2 aromatic rings. The van der Waals surface area contributed by atoms with Crippen LogP contribution in [0.1, 0.15) is 17.9 Å². The van der Waals surface area contributed by atoms with Crippen LogP contribution in [-0.2, 0) is 6.54 Å². The fourth-order valence-corrected chi connectivity index (χ4v) is 3.71. The van der Waals surface area contributed by atoms with Crippen molar-refractivity contribution < 1.29 is 0 Å². The van der Waals surface area contributed by atoms with Crippen molar-refractivity contribution in [2.75, 3.05) is 19.6 Å². The molecule has 0 bridgehead atoms. The standard InChI is InChI=1S/C15H20N4/c1-11-17-13(14-4-2-3-6-19(11)14)10-18-7-5-12-8-16-9-15(12)18/h2-4,6,12,15-16H,5,7-10H2,1H3/t12-,15+/m0/s1. The fourth-order valence-electron chi connectivity index (χ4n) is 3.71. The van der Waals surface area contributed by atoms with Crippen molar-refractivity contribution in [3.8, 4) is 0 Å². The molecular formula is C15H20N4. The van der Waals surface area contributed by atoms with E-state index in [1.165, 1.54) is 30.7 Å². The molecule has 2 aromatic heterocycles. The van der Waals surface area contributed by atoms with Gasteiger partial charge in [-0.05, 0) is 44.5 Å². The molecule has 0 aliphatic carbocycles. The lowest BCUT2D eigenvalue weighted by Gasteiger charge is -2.22. The van der Waals surface area contributed by atoms with Crippen LogP contribution >= 0.6 is 0 Å². The van der Waals surface area contributed by atoms with Crippen LogP contribution in [0.4, 0.5) is 0 Å². The molecule has 0 unspecified atom stereocenters. The minimum Gasteiger partial charge on any atom is -0.315 e. The van der Waals surface area contributed by atoms with Gasteiger partial charge in [0.05, 0.1) is 11.2 Å². The van der Waals surface area contributed by atoms with E-state index in [1.54, 1.807) is 0 Å². The number of hydrogen-bond acceptors (Lipinski definition) is 3. The number of nitrogens with zero attached hydrogens (tertiary/aromatic N) is 3. The number of aromatic nitrogens is 2. The van der Waals surface area contributed by atoms with E-state index in [2.05, 4.69) is 45.9 Å². The highest BCUT2D eigenvalue weighted by molar-refractivity contribution is 5.53. The van der Waals surface area contributed by atoms with E-state index >= 15 is 0 Å². The van der Waals surface area contributed by atoms with Gasteiger partial charge in [0.15, 0.2) is 0 Å². The second-order valence-electron chi connectivity index (χ2n) is 5.81. The van der Waals surface area contributed by atoms with Gasteiger partial charge in [0.1, 0.15) is 5.82 Å². The van der Waals surface area contributed by atoms with E-state index in [0.29, 0.717) is 0 Å². The Morgan fingerprint density at radius 3 is 3.26 bits per heavy atom. The average Bonchev–Trinajstić information content (AvgIpc) is 3.09. The molecule has 1 N–H and O–H groups in total. The number of hydrogen-bond donors (Lipinski definition) is 1. The lowest BCUT2D eigenvalue weighted by atomic mass is 10.1. The van der Waals surface area contributed by atoms with E-state index < -0.39 is 0 Å². The second kappa shape index (κ2) is 4.32. The molecule has 0 saturated carbocycles. The monoisotopic (exact) mass is 256 g/mol. The van der Waals surface area contributed by atoms with Gasteiger partial charge in [-0.1, -0.05) is 6.07 Å². The third-order valence-electron chi connectivity index (χ3n) is 4.71. The predicted molar refractivity (Wildman–Crippen MR) is 75.1 cm³/mol. The molecule has 0 aromatic carbocycles. The highest BCUT2D eigenvalue weighted by atomic mass is 15.2. The minimum atomic E-state index is 0.723. The summed E-state index contributed by atoms with van der Waals surface area (Å²) in [4.78, 5) is 7.38. The molecule has 2 aliphatic heterocycles. The van der Waals surface area contributed by atoms with E-state index in [9.17, 15) is 0 Å². The summed E-state index contributed by atoms with van der Waals surface area (Å²) < 4.78 is 2.19. The molecule has 0 amide bonds. The highest BCUT2D eigenvalue weighted by Crippen LogP contribution is 2.29. The maximum Gasteiger partial charge on any atom is 0.110 e. The first kappa shape index (κ1) is 11.4. The maximum absolute atomic E-state index is 4.77. The first-order valence-corrected chi connectivity index (χ1v) is 7.20. The molecule has 2 saturated heterocycles. The van der Waals surface area contributed by atoms with E-state index in [0.717, 1.165) is 30.9 Å². The zero-order valence-electron chi connectivity index (χ0n) is 11.3. The van der Waals surface area contributed by atoms with Crippen molar-refractivity contribution in [1.82, 2.24) is 19.6 Å². The van der Waals surface area contributed by atoms with Gasteiger partial charge in [0.25, 0.3) is 0 Å². The number of pyridine rings is 1. The van der Waals surface area contributed by atoms with Gasteiger partial charge in [-0.15, -0.1) is 0 Å². The van der Waals surface area contributed by atoms with E-state index in [1.807, 2.05) is 0 Å². The van der Waals surface area contributed by atoms with Crippen LogP contribution in [0.5, 0.6) is 0 Å². The van der Waals surface area contributed by atoms with Crippen molar-refractivity contribution in [2.24, 2.45) is 5.92 Å². The topological polar surface area (TPSA) is 32.6 Å². The molecule has 0 spiro atoms. The van der Waals surface area contributed by atoms with Crippen LogP contribution in [0.2, 0.25) is 0 Å². The molecule has 2 atom stereocenters. The van der Waals surface area contributed by atoms with Gasteiger partial charge in [-0.3, -0.25) is 4.90 Å². The average molecular weight is 256 g/mol. The molecule has 4 nitrogen and oxygen atoms in total. The molecule has 4 heteroatoms. The van der Waals surface area contributed by atoms with Crippen molar-refractivity contribution in [2.45, 2.75) is 25.9 Å². The van der Waals surface area contributed by atoms with Crippen molar-refractivity contribution in [3.05, 3.63) is 35.9 Å². The number of likely N-dealkylation sites (tertiary alicyclic amines) is 1. The zero-order valence-corrected chi connectivity index (χ0v) is 11.3. The summed E-state index contributed by atoms with van der Waals surface area (Å²) in [6, 6.07) is 7.07. The third-order valence-corrected chi connectivity index (χ3v) is 4.71. The van der Waals surface area contributed by atoms with Gasteiger partial charge in [0, 0.05) is 25.3 Å². The Hall–Kier alpha value is -1.39. The van der Waals surface area contributed by atoms with Gasteiger partial charge < -0.3 is 9.72 Å². The first-order chi connectivity index (χ1) is 9.33. The van der Waals surface area contributed by atoms with Gasteiger partial charge in [-0.25, -0.2) is 4.98 Å². The summed E-state index contributed by atoms with van der Waals surface area (Å²) in [5, 5.41) is 3.52. The molecule has 2 fully saturated rings. The molecule has 4 rings (SSSR count). The number of nitrogens with one attached hydrogen (secondary N) is 1. The number of fused-ring (bicyclic) bond motifs is 2. The SMILES string of the molecule is Cc1nc(CN2CC[C@H]3CNC[C@H]32)c2ccccn12. The van der Waals surface area contributed by atoms with Crippen LogP contribution in [-0.4, -0.2) is 40.0 Å². The largest absolute Gasteiger partial charge is 0.315 e. The van der Waals surface area contributed by atoms with Crippen molar-refractivity contribution in [3.63, 3.8) is 0 Å². The van der Waals surface area contributed by atoms with Crippen molar-refractivity contribution in [1.29, 1.82) is 0 Å². The minimum absolute atomic E-state index is 0.723. The summed E-state index contributed by atoms with van der Waals surface area (Å²) in [6.07, 6.45) is 3.44. The Kier molecular flexibility index (Phi) is 2.60. The Morgan fingerprint density at radius 1 is 1.37 bits per heavy atom. The fraction of sp³-hybridized carbons (Fsp3) is 0.533. The quantitative estimate of drug-likeness (QED) is 0.882. The van der Waals surface area contributed by atoms with Gasteiger partial charge >= 0.3 is 0 Å². The molecule has 19 heavy (non-hydrogen) atoms. The summed E-state index contributed by atoms with van der Waals surface area (Å²) in [5.41, 5.74) is 2.49. The Bertz CT molecular complexity index is 603. The van der Waals surface area contributed by atoms with Crippen molar-refractivity contribution >= 4 is 5.52 Å². The smallest absolute Gasteiger partial charge is 0.110 e. The maximum atomic E-state index is 4.77. The molecular weight excluding hydrogens is 236 g/mol. The first-order valence-electron chi connectivity index (χ1n) is 7.20. The van der Waals surface area contributed by atoms with Crippen LogP contribution in [0.25, 0.3) is 5.52 Å². The lowest BCUT2D eigenvalue weighted by molar-refractivity contribution is 0.242. The van der Waals surface area contributed by atoms with Crippen LogP contribution < -0.4 is 5.32 Å². The Labute approximate surface area is 113 Å². The molecule has 0 radical (unpaired) electrons. The molecule has 4 heterocycles. The van der Waals surface area contributed by atoms with Gasteiger partial charge in [0.2, 0.25) is 0 Å². The summed E-state index contributed by atoms with van der Waals surface area (Å²) in [7, 11) is 0. The zero-order chi connectivity index (χ0) is 12.8. The van der Waals surface area contributed by atoms with Gasteiger partial charge in [-0.2, -0.15) is 0 Å². The van der Waals surface area contributed by atoms with Crippen LogP contribution in [0.15, 0.2) is 24.4 Å². The normalized spacial score (nSPS) is 27.2. The Balaban J connectivity index is 1.65. The highest BCUT2D eigenvalue weighted by Gasteiger charge is 2.37. The summed E-state index contributed by atoms with van der Waals surface area (Å²) in [5.74, 6) is 1.95. The molecule has 100 valence electrons. The number of imidazole rings is 1.